The lowest BCUT2D eigenvalue weighted by molar-refractivity contribution is 0.126. The molecule has 2 rings (SSSR count). The first-order valence-electron chi connectivity index (χ1n) is 5.40. The van der Waals surface area contributed by atoms with Crippen LogP contribution in [0.2, 0.25) is 0 Å². The molecule has 0 aromatic carbocycles. The van der Waals surface area contributed by atoms with Gasteiger partial charge >= 0.3 is 0 Å². The van der Waals surface area contributed by atoms with E-state index in [1.165, 1.54) is 0 Å². The third kappa shape index (κ3) is 2.18. The Balaban J connectivity index is 2.05. The summed E-state index contributed by atoms with van der Waals surface area (Å²) >= 11 is 0. The molecule has 0 amide bonds. The van der Waals surface area contributed by atoms with E-state index in [-0.39, 0.29) is 5.54 Å². The van der Waals surface area contributed by atoms with Crippen molar-refractivity contribution in [2.45, 2.75) is 38.8 Å². The van der Waals surface area contributed by atoms with Gasteiger partial charge in [-0.3, -0.25) is 0 Å². The van der Waals surface area contributed by atoms with Gasteiger partial charge in [0.25, 0.3) is 0 Å². The van der Waals surface area contributed by atoms with E-state index < -0.39 is 0 Å². The number of nitrogens with one attached hydrogen (secondary N) is 1. The summed E-state index contributed by atoms with van der Waals surface area (Å²) in [6.45, 7) is 6.15. The molecule has 1 atom stereocenters. The van der Waals surface area contributed by atoms with Gasteiger partial charge in [0.05, 0.1) is 5.54 Å². The smallest absolute Gasteiger partial charge is 0.246 e. The molecule has 1 aromatic heterocycles. The second kappa shape index (κ2) is 4.28. The first-order valence-corrected chi connectivity index (χ1v) is 5.40. The van der Waals surface area contributed by atoms with E-state index in [0.717, 1.165) is 19.4 Å². The van der Waals surface area contributed by atoms with Crippen LogP contribution >= 0.6 is 0 Å². The van der Waals surface area contributed by atoms with Gasteiger partial charge in [-0.15, -0.1) is 0 Å². The van der Waals surface area contributed by atoms with Crippen molar-refractivity contribution in [3.63, 3.8) is 0 Å². The molecule has 5 nitrogen and oxygen atoms in total. The van der Waals surface area contributed by atoms with Crippen LogP contribution in [0, 0.1) is 0 Å². The molecule has 0 saturated carbocycles. The maximum atomic E-state index is 5.25. The SMILES string of the molecule is CCOCc1noc(C2(C)CCCN2)n1. The lowest BCUT2D eigenvalue weighted by Crippen LogP contribution is -2.33. The summed E-state index contributed by atoms with van der Waals surface area (Å²) < 4.78 is 10.5. The zero-order chi connectivity index (χ0) is 10.7. The van der Waals surface area contributed by atoms with Crippen molar-refractivity contribution >= 4 is 0 Å². The molecule has 1 N–H and O–H groups in total. The van der Waals surface area contributed by atoms with Crippen LogP contribution in [-0.4, -0.2) is 23.3 Å². The van der Waals surface area contributed by atoms with Gasteiger partial charge in [0.2, 0.25) is 5.89 Å². The van der Waals surface area contributed by atoms with Crippen molar-refractivity contribution in [1.82, 2.24) is 15.5 Å². The van der Waals surface area contributed by atoms with Crippen LogP contribution in [0.1, 0.15) is 38.4 Å². The van der Waals surface area contributed by atoms with Gasteiger partial charge in [0, 0.05) is 6.61 Å². The summed E-state index contributed by atoms with van der Waals surface area (Å²) in [5.41, 5.74) is -0.141. The lowest BCUT2D eigenvalue weighted by Gasteiger charge is -2.18. The largest absolute Gasteiger partial charge is 0.374 e. The van der Waals surface area contributed by atoms with Crippen molar-refractivity contribution in [1.29, 1.82) is 0 Å². The highest BCUT2D eigenvalue weighted by Gasteiger charge is 2.35. The fourth-order valence-electron chi connectivity index (χ4n) is 1.81. The van der Waals surface area contributed by atoms with Gasteiger partial charge < -0.3 is 14.6 Å². The fraction of sp³-hybridized carbons (Fsp3) is 0.800. The molecule has 0 spiro atoms. The fourth-order valence-corrected chi connectivity index (χ4v) is 1.81. The highest BCUT2D eigenvalue weighted by atomic mass is 16.5. The first-order chi connectivity index (χ1) is 7.24. The summed E-state index contributed by atoms with van der Waals surface area (Å²) in [7, 11) is 0. The van der Waals surface area contributed by atoms with E-state index in [0.29, 0.717) is 24.9 Å². The van der Waals surface area contributed by atoms with Crippen LogP contribution in [0.25, 0.3) is 0 Å². The van der Waals surface area contributed by atoms with E-state index in [1.54, 1.807) is 0 Å². The molecule has 0 aliphatic carbocycles. The lowest BCUT2D eigenvalue weighted by atomic mass is 10.0. The minimum Gasteiger partial charge on any atom is -0.374 e. The molecular formula is C10H17N3O2. The first kappa shape index (κ1) is 10.6. The summed E-state index contributed by atoms with van der Waals surface area (Å²) in [6, 6.07) is 0. The van der Waals surface area contributed by atoms with Gasteiger partial charge in [0.15, 0.2) is 5.82 Å². The monoisotopic (exact) mass is 211 g/mol. The minimum absolute atomic E-state index is 0.141. The zero-order valence-electron chi connectivity index (χ0n) is 9.25. The molecule has 1 aliphatic rings. The zero-order valence-corrected chi connectivity index (χ0v) is 9.25. The summed E-state index contributed by atoms with van der Waals surface area (Å²) in [4.78, 5) is 4.34. The van der Waals surface area contributed by atoms with Crippen LogP contribution in [0.5, 0.6) is 0 Å². The molecule has 1 aromatic rings. The standard InChI is InChI=1S/C10H17N3O2/c1-3-14-7-8-12-9(15-13-8)10(2)5-4-6-11-10/h11H,3-7H2,1-2H3. The normalized spacial score (nSPS) is 26.0. The molecule has 1 fully saturated rings. The number of ether oxygens (including phenoxy) is 1. The van der Waals surface area contributed by atoms with E-state index in [4.69, 9.17) is 9.26 Å². The summed E-state index contributed by atoms with van der Waals surface area (Å²) in [5.74, 6) is 1.30. The van der Waals surface area contributed by atoms with Crippen molar-refractivity contribution in [3.05, 3.63) is 11.7 Å². The Labute approximate surface area is 89.2 Å². The van der Waals surface area contributed by atoms with Gasteiger partial charge in [0.1, 0.15) is 6.61 Å². The van der Waals surface area contributed by atoms with Crippen molar-refractivity contribution in [2.24, 2.45) is 0 Å². The Hall–Kier alpha value is -0.940. The Morgan fingerprint density at radius 1 is 1.60 bits per heavy atom. The predicted molar refractivity (Wildman–Crippen MR) is 54.2 cm³/mol. The highest BCUT2D eigenvalue weighted by Crippen LogP contribution is 2.28. The molecule has 1 saturated heterocycles. The van der Waals surface area contributed by atoms with E-state index in [2.05, 4.69) is 22.4 Å². The Morgan fingerprint density at radius 3 is 3.13 bits per heavy atom. The molecule has 15 heavy (non-hydrogen) atoms. The number of hydrogen-bond acceptors (Lipinski definition) is 5. The highest BCUT2D eigenvalue weighted by molar-refractivity contribution is 5.03. The van der Waals surface area contributed by atoms with Crippen molar-refractivity contribution in [3.8, 4) is 0 Å². The number of aromatic nitrogens is 2. The van der Waals surface area contributed by atoms with Crippen molar-refractivity contribution in [2.75, 3.05) is 13.2 Å². The average molecular weight is 211 g/mol. The number of rotatable bonds is 4. The van der Waals surface area contributed by atoms with Crippen LogP contribution < -0.4 is 5.32 Å². The maximum absolute atomic E-state index is 5.25. The van der Waals surface area contributed by atoms with E-state index >= 15 is 0 Å². The minimum atomic E-state index is -0.141. The predicted octanol–water partition coefficient (Wildman–Crippen LogP) is 1.20. The maximum Gasteiger partial charge on any atom is 0.246 e. The summed E-state index contributed by atoms with van der Waals surface area (Å²) in [5, 5.41) is 7.27. The van der Waals surface area contributed by atoms with Crippen LogP contribution in [0.3, 0.4) is 0 Å². The second-order valence-corrected chi connectivity index (χ2v) is 4.02. The number of nitrogens with zero attached hydrogens (tertiary/aromatic N) is 2. The van der Waals surface area contributed by atoms with Crippen LogP contribution in [-0.2, 0) is 16.9 Å². The topological polar surface area (TPSA) is 60.2 Å². The molecule has 1 unspecified atom stereocenters. The van der Waals surface area contributed by atoms with Gasteiger partial charge in [-0.1, -0.05) is 5.16 Å². The van der Waals surface area contributed by atoms with Crippen molar-refractivity contribution < 1.29 is 9.26 Å². The Kier molecular flexibility index (Phi) is 3.02. The second-order valence-electron chi connectivity index (χ2n) is 4.02. The summed E-state index contributed by atoms with van der Waals surface area (Å²) in [6.07, 6.45) is 2.20. The molecule has 5 heteroatoms. The van der Waals surface area contributed by atoms with Gasteiger partial charge in [-0.2, -0.15) is 4.98 Å². The van der Waals surface area contributed by atoms with Gasteiger partial charge in [-0.25, -0.2) is 0 Å². The van der Waals surface area contributed by atoms with E-state index in [9.17, 15) is 0 Å². The molecular weight excluding hydrogens is 194 g/mol. The third-order valence-electron chi connectivity index (χ3n) is 2.74. The Bertz CT molecular complexity index is 318. The Morgan fingerprint density at radius 2 is 2.47 bits per heavy atom. The van der Waals surface area contributed by atoms with Crippen LogP contribution in [0.4, 0.5) is 0 Å². The molecule has 1 aliphatic heterocycles. The van der Waals surface area contributed by atoms with E-state index in [1.807, 2.05) is 6.92 Å². The van der Waals surface area contributed by atoms with Gasteiger partial charge in [-0.05, 0) is 33.2 Å². The third-order valence-corrected chi connectivity index (χ3v) is 2.74. The average Bonchev–Trinajstić information content (AvgIpc) is 2.84. The molecule has 0 radical (unpaired) electrons. The van der Waals surface area contributed by atoms with Crippen LogP contribution in [0.15, 0.2) is 4.52 Å². The quantitative estimate of drug-likeness (QED) is 0.811. The number of hydrogen-bond donors (Lipinski definition) is 1. The molecule has 2 heterocycles. The molecule has 84 valence electrons. The molecule has 0 bridgehead atoms.